The van der Waals surface area contributed by atoms with Gasteiger partial charge in [-0.15, -0.1) is 0 Å². The van der Waals surface area contributed by atoms with E-state index in [0.717, 1.165) is 59.0 Å². The Bertz CT molecular complexity index is 257. The Morgan fingerprint density at radius 3 is 3.00 bits per heavy atom. The number of aliphatic hydroxyl groups excluding tert-OH is 1. The minimum atomic E-state index is -0.0190. The molecule has 2 fully saturated rings. The molecule has 2 saturated heterocycles. The van der Waals surface area contributed by atoms with Gasteiger partial charge in [0.05, 0.1) is 25.9 Å². The Balaban J connectivity index is 1.90. The Labute approximate surface area is 116 Å². The molecule has 2 heterocycles. The molecule has 2 aliphatic rings. The molecule has 0 radical (unpaired) electrons. The van der Waals surface area contributed by atoms with Crippen LogP contribution in [-0.2, 0) is 9.47 Å². The van der Waals surface area contributed by atoms with Gasteiger partial charge in [-0.25, -0.2) is 0 Å². The fourth-order valence-electron chi connectivity index (χ4n) is 3.13. The van der Waals surface area contributed by atoms with E-state index in [1.54, 1.807) is 0 Å². The number of hydrogen-bond acceptors (Lipinski definition) is 5. The van der Waals surface area contributed by atoms with Crippen molar-refractivity contribution in [2.75, 3.05) is 59.2 Å². The summed E-state index contributed by atoms with van der Waals surface area (Å²) < 4.78 is 11.3. The van der Waals surface area contributed by atoms with Gasteiger partial charge in [0.25, 0.3) is 0 Å². The smallest absolute Gasteiger partial charge is 0.0932 e. The highest BCUT2D eigenvalue weighted by Crippen LogP contribution is 2.29. The highest BCUT2D eigenvalue weighted by molar-refractivity contribution is 4.88. The van der Waals surface area contributed by atoms with Crippen molar-refractivity contribution in [2.24, 2.45) is 5.41 Å². The number of aliphatic hydroxyl groups is 1. The fourth-order valence-corrected chi connectivity index (χ4v) is 3.13. The van der Waals surface area contributed by atoms with Crippen molar-refractivity contribution in [3.8, 4) is 0 Å². The molecule has 0 aromatic carbocycles. The molecule has 5 heteroatoms. The van der Waals surface area contributed by atoms with Crippen molar-refractivity contribution in [3.63, 3.8) is 0 Å². The van der Waals surface area contributed by atoms with Gasteiger partial charge in [0.15, 0.2) is 0 Å². The van der Waals surface area contributed by atoms with Crippen molar-refractivity contribution < 1.29 is 14.6 Å². The molecule has 19 heavy (non-hydrogen) atoms. The van der Waals surface area contributed by atoms with Crippen LogP contribution in [0.25, 0.3) is 0 Å². The monoisotopic (exact) mass is 272 g/mol. The van der Waals surface area contributed by atoms with Crippen LogP contribution in [0.5, 0.6) is 0 Å². The Morgan fingerprint density at radius 1 is 1.42 bits per heavy atom. The van der Waals surface area contributed by atoms with E-state index >= 15 is 0 Å². The normalized spacial score (nSPS) is 33.5. The summed E-state index contributed by atoms with van der Waals surface area (Å²) in [4.78, 5) is 2.43. The van der Waals surface area contributed by atoms with Crippen LogP contribution in [0.15, 0.2) is 0 Å². The molecule has 112 valence electrons. The van der Waals surface area contributed by atoms with Crippen LogP contribution in [0.4, 0.5) is 0 Å². The largest absolute Gasteiger partial charge is 0.394 e. The summed E-state index contributed by atoms with van der Waals surface area (Å²) in [6.45, 7) is 9.60. The average Bonchev–Trinajstić information content (AvgIpc) is 2.46. The summed E-state index contributed by atoms with van der Waals surface area (Å²) >= 11 is 0. The Hall–Kier alpha value is -0.200. The van der Waals surface area contributed by atoms with Gasteiger partial charge < -0.3 is 19.9 Å². The lowest BCUT2D eigenvalue weighted by molar-refractivity contribution is -0.0809. The summed E-state index contributed by atoms with van der Waals surface area (Å²) in [7, 11) is 0. The lowest BCUT2D eigenvalue weighted by Gasteiger charge is -2.43. The van der Waals surface area contributed by atoms with Crippen LogP contribution in [0.1, 0.15) is 19.8 Å². The van der Waals surface area contributed by atoms with Crippen LogP contribution in [0, 0.1) is 5.41 Å². The Kier molecular flexibility index (Phi) is 6.04. The molecule has 0 aromatic heterocycles. The van der Waals surface area contributed by atoms with E-state index in [-0.39, 0.29) is 18.1 Å². The van der Waals surface area contributed by atoms with Gasteiger partial charge in [0, 0.05) is 38.2 Å². The zero-order valence-corrected chi connectivity index (χ0v) is 12.1. The van der Waals surface area contributed by atoms with E-state index < -0.39 is 0 Å². The first kappa shape index (κ1) is 15.2. The fraction of sp³-hybridized carbons (Fsp3) is 1.00. The van der Waals surface area contributed by atoms with Crippen LogP contribution >= 0.6 is 0 Å². The lowest BCUT2D eigenvalue weighted by Crippen LogP contribution is -2.53. The van der Waals surface area contributed by atoms with Gasteiger partial charge in [0.1, 0.15) is 0 Å². The highest BCUT2D eigenvalue weighted by Gasteiger charge is 2.35. The highest BCUT2D eigenvalue weighted by atomic mass is 16.5. The predicted octanol–water partition coefficient (Wildman–Crippen LogP) is 0.0858. The van der Waals surface area contributed by atoms with Crippen molar-refractivity contribution in [2.45, 2.75) is 25.9 Å². The zero-order chi connectivity index (χ0) is 13.6. The standard InChI is InChI=1S/C14H28N2O3/c1-2-15-10-14(4-3-6-18-12-14)11-16-5-7-19-13(8-16)9-17/h13,15,17H,2-12H2,1H3. The van der Waals surface area contributed by atoms with Gasteiger partial charge in [-0.05, 0) is 19.4 Å². The number of rotatable bonds is 6. The van der Waals surface area contributed by atoms with E-state index in [2.05, 4.69) is 17.1 Å². The minimum Gasteiger partial charge on any atom is -0.394 e. The number of morpholine rings is 1. The first-order valence-corrected chi connectivity index (χ1v) is 7.51. The van der Waals surface area contributed by atoms with Crippen LogP contribution in [-0.4, -0.2) is 75.3 Å². The maximum absolute atomic E-state index is 9.23. The molecule has 5 nitrogen and oxygen atoms in total. The molecule has 0 amide bonds. The Morgan fingerprint density at radius 2 is 2.32 bits per heavy atom. The minimum absolute atomic E-state index is 0.0190. The molecule has 2 aliphatic heterocycles. The number of hydrogen-bond donors (Lipinski definition) is 2. The van der Waals surface area contributed by atoms with Gasteiger partial charge in [-0.2, -0.15) is 0 Å². The van der Waals surface area contributed by atoms with Gasteiger partial charge >= 0.3 is 0 Å². The van der Waals surface area contributed by atoms with E-state index in [1.165, 1.54) is 6.42 Å². The zero-order valence-electron chi connectivity index (χ0n) is 12.1. The lowest BCUT2D eigenvalue weighted by atomic mass is 9.81. The third-order valence-corrected chi connectivity index (χ3v) is 4.14. The second-order valence-corrected chi connectivity index (χ2v) is 5.85. The van der Waals surface area contributed by atoms with Crippen molar-refractivity contribution in [1.29, 1.82) is 0 Å². The first-order valence-electron chi connectivity index (χ1n) is 7.51. The molecule has 2 unspecified atom stereocenters. The summed E-state index contributed by atoms with van der Waals surface area (Å²) in [5, 5.41) is 12.7. The van der Waals surface area contributed by atoms with E-state index in [4.69, 9.17) is 9.47 Å². The van der Waals surface area contributed by atoms with Crippen molar-refractivity contribution in [3.05, 3.63) is 0 Å². The average molecular weight is 272 g/mol. The van der Waals surface area contributed by atoms with Crippen LogP contribution in [0.3, 0.4) is 0 Å². The SMILES string of the molecule is CCNCC1(CN2CCOC(CO)C2)CCCOC1. The molecule has 0 bridgehead atoms. The summed E-state index contributed by atoms with van der Waals surface area (Å²) in [5.41, 5.74) is 0.228. The quantitative estimate of drug-likeness (QED) is 0.717. The van der Waals surface area contributed by atoms with E-state index in [1.807, 2.05) is 0 Å². The van der Waals surface area contributed by atoms with Gasteiger partial charge in [-0.1, -0.05) is 6.92 Å². The number of nitrogens with zero attached hydrogens (tertiary/aromatic N) is 1. The molecular formula is C14H28N2O3. The van der Waals surface area contributed by atoms with Crippen LogP contribution in [0.2, 0.25) is 0 Å². The van der Waals surface area contributed by atoms with Crippen molar-refractivity contribution in [1.82, 2.24) is 10.2 Å². The topological polar surface area (TPSA) is 54.0 Å². The second kappa shape index (κ2) is 7.55. The molecule has 0 aliphatic carbocycles. The van der Waals surface area contributed by atoms with Gasteiger partial charge in [0.2, 0.25) is 0 Å². The summed E-state index contributed by atoms with van der Waals surface area (Å²) in [6.07, 6.45) is 2.36. The second-order valence-electron chi connectivity index (χ2n) is 5.85. The third kappa shape index (κ3) is 4.39. The summed E-state index contributed by atoms with van der Waals surface area (Å²) in [5.74, 6) is 0. The maximum Gasteiger partial charge on any atom is 0.0932 e. The number of ether oxygens (including phenoxy) is 2. The molecular weight excluding hydrogens is 244 g/mol. The van der Waals surface area contributed by atoms with Gasteiger partial charge in [-0.3, -0.25) is 4.90 Å². The van der Waals surface area contributed by atoms with Crippen molar-refractivity contribution >= 4 is 0 Å². The third-order valence-electron chi connectivity index (χ3n) is 4.14. The molecule has 0 spiro atoms. The molecule has 0 saturated carbocycles. The van der Waals surface area contributed by atoms with E-state index in [9.17, 15) is 5.11 Å². The van der Waals surface area contributed by atoms with E-state index in [0.29, 0.717) is 0 Å². The first-order chi connectivity index (χ1) is 9.28. The molecule has 2 rings (SSSR count). The van der Waals surface area contributed by atoms with Crippen LogP contribution < -0.4 is 5.32 Å². The maximum atomic E-state index is 9.23. The molecule has 0 aromatic rings. The predicted molar refractivity (Wildman–Crippen MR) is 74.3 cm³/mol. The molecule has 2 N–H and O–H groups in total. The number of nitrogens with one attached hydrogen (secondary N) is 1. The summed E-state index contributed by atoms with van der Waals surface area (Å²) in [6, 6.07) is 0. The molecule has 2 atom stereocenters.